The van der Waals surface area contributed by atoms with E-state index in [1.165, 1.54) is 18.2 Å². The van der Waals surface area contributed by atoms with E-state index in [4.69, 9.17) is 22.8 Å². The molecule has 0 unspecified atom stereocenters. The van der Waals surface area contributed by atoms with E-state index in [1.54, 1.807) is 25.4 Å². The molecule has 0 radical (unpaired) electrons. The summed E-state index contributed by atoms with van der Waals surface area (Å²) >= 11 is 4.72. The van der Waals surface area contributed by atoms with Crippen LogP contribution in [0.5, 0.6) is 5.75 Å². The first-order chi connectivity index (χ1) is 11.0. The summed E-state index contributed by atoms with van der Waals surface area (Å²) in [5.41, 5.74) is 6.90. The summed E-state index contributed by atoms with van der Waals surface area (Å²) < 4.78 is 0. The van der Waals surface area contributed by atoms with Crippen molar-refractivity contribution >= 4 is 34.4 Å². The van der Waals surface area contributed by atoms with E-state index in [2.05, 4.69) is 15.5 Å². The number of rotatable bonds is 5. The second-order valence-electron chi connectivity index (χ2n) is 4.47. The van der Waals surface area contributed by atoms with E-state index in [9.17, 15) is 10.1 Å². The zero-order valence-corrected chi connectivity index (χ0v) is 12.9. The van der Waals surface area contributed by atoms with Crippen LogP contribution in [0, 0.1) is 10.1 Å². The highest BCUT2D eigenvalue weighted by molar-refractivity contribution is 7.80. The number of nitrogens with two attached hydrogens (primary N) is 1. The largest absolute Gasteiger partial charge is 0.376 e. The third-order valence-corrected chi connectivity index (χ3v) is 2.84. The molecule has 1 heterocycles. The summed E-state index contributed by atoms with van der Waals surface area (Å²) in [7, 11) is 0. The number of hydrogen-bond donors (Lipinski definition) is 2. The molecule has 9 heteroatoms. The average Bonchev–Trinajstić information content (AvgIpc) is 2.52. The molecule has 0 bridgehead atoms. The van der Waals surface area contributed by atoms with Gasteiger partial charge in [0.15, 0.2) is 10.9 Å². The summed E-state index contributed by atoms with van der Waals surface area (Å²) in [5.74, 6) is 0.182. The molecular formula is C14H13N5O3S. The van der Waals surface area contributed by atoms with Crippen molar-refractivity contribution in [3.63, 3.8) is 0 Å². The number of oxime groups is 1. The second-order valence-corrected chi connectivity index (χ2v) is 4.91. The molecule has 8 nitrogen and oxygen atoms in total. The van der Waals surface area contributed by atoms with Crippen LogP contribution in [0.1, 0.15) is 12.5 Å². The average molecular weight is 331 g/mol. The Kier molecular flexibility index (Phi) is 5.15. The van der Waals surface area contributed by atoms with Crippen molar-refractivity contribution in [3.05, 3.63) is 58.4 Å². The van der Waals surface area contributed by atoms with E-state index < -0.39 is 4.92 Å². The van der Waals surface area contributed by atoms with Crippen molar-refractivity contribution in [2.24, 2.45) is 10.9 Å². The highest BCUT2D eigenvalue weighted by atomic mass is 32.1. The topological polar surface area (TPSA) is 116 Å². The standard InChI is InChI=1S/C14H13N5O3S/c1-9(10-3-2-4-16-8-10)18-22-13-6-11(17-14(15)23)5-12(7-13)19(20)21/h2-8H,1H3,(H3,15,17,23). The van der Waals surface area contributed by atoms with Crippen LogP contribution in [-0.2, 0) is 0 Å². The first kappa shape index (κ1) is 16.3. The highest BCUT2D eigenvalue weighted by Gasteiger charge is 2.11. The SMILES string of the molecule is CC(=NOc1cc(NC(N)=S)cc([N+](=O)[O-])c1)c1cccnc1. The van der Waals surface area contributed by atoms with Gasteiger partial charge in [0.1, 0.15) is 0 Å². The normalized spacial score (nSPS) is 10.9. The van der Waals surface area contributed by atoms with E-state index in [0.29, 0.717) is 11.4 Å². The number of benzene rings is 1. The van der Waals surface area contributed by atoms with Crippen LogP contribution in [0.2, 0.25) is 0 Å². The number of non-ortho nitro benzene ring substituents is 1. The molecule has 0 amide bonds. The third kappa shape index (κ3) is 4.71. The van der Waals surface area contributed by atoms with E-state index in [-0.39, 0.29) is 16.5 Å². The van der Waals surface area contributed by atoms with Crippen molar-refractivity contribution in [1.82, 2.24) is 4.98 Å². The van der Waals surface area contributed by atoms with Gasteiger partial charge in [0.2, 0.25) is 0 Å². The Hall–Kier alpha value is -3.07. The molecule has 0 aliphatic heterocycles. The Bertz CT molecular complexity index is 764. The lowest BCUT2D eigenvalue weighted by Gasteiger charge is -2.06. The predicted molar refractivity (Wildman–Crippen MR) is 90.6 cm³/mol. The van der Waals surface area contributed by atoms with Crippen LogP contribution in [0.3, 0.4) is 0 Å². The summed E-state index contributed by atoms with van der Waals surface area (Å²) in [5, 5.41) is 17.5. The zero-order chi connectivity index (χ0) is 16.8. The molecule has 2 aromatic rings. The third-order valence-electron chi connectivity index (χ3n) is 2.74. The summed E-state index contributed by atoms with van der Waals surface area (Å²) in [6.45, 7) is 1.74. The maximum atomic E-state index is 11.0. The van der Waals surface area contributed by atoms with E-state index >= 15 is 0 Å². The Labute approximate surface area is 137 Å². The molecule has 0 atom stereocenters. The molecule has 0 saturated heterocycles. The molecule has 1 aromatic carbocycles. The van der Waals surface area contributed by atoms with Crippen LogP contribution in [0.25, 0.3) is 0 Å². The minimum atomic E-state index is -0.546. The van der Waals surface area contributed by atoms with Gasteiger partial charge in [0, 0.05) is 30.1 Å². The van der Waals surface area contributed by atoms with Crippen molar-refractivity contribution in [2.45, 2.75) is 6.92 Å². The Balaban J connectivity index is 2.26. The van der Waals surface area contributed by atoms with Crippen molar-refractivity contribution in [3.8, 4) is 5.75 Å². The molecule has 3 N–H and O–H groups in total. The number of hydrogen-bond acceptors (Lipinski definition) is 6. The Morgan fingerprint density at radius 3 is 2.87 bits per heavy atom. The number of nitrogens with zero attached hydrogens (tertiary/aromatic N) is 3. The predicted octanol–water partition coefficient (Wildman–Crippen LogP) is 2.45. The van der Waals surface area contributed by atoms with Crippen molar-refractivity contribution < 1.29 is 9.76 Å². The lowest BCUT2D eigenvalue weighted by molar-refractivity contribution is -0.384. The van der Waals surface area contributed by atoms with Gasteiger partial charge in [-0.1, -0.05) is 5.16 Å². The van der Waals surface area contributed by atoms with Crippen LogP contribution < -0.4 is 15.9 Å². The lowest BCUT2D eigenvalue weighted by Crippen LogP contribution is -2.18. The molecule has 0 spiro atoms. The summed E-state index contributed by atoms with van der Waals surface area (Å²) in [4.78, 5) is 19.7. The number of anilines is 1. The molecule has 23 heavy (non-hydrogen) atoms. The van der Waals surface area contributed by atoms with E-state index in [0.717, 1.165) is 5.56 Å². The minimum absolute atomic E-state index is 0.00788. The van der Waals surface area contributed by atoms with Gasteiger partial charge in [-0.15, -0.1) is 0 Å². The molecule has 118 valence electrons. The molecule has 0 saturated carbocycles. The zero-order valence-electron chi connectivity index (χ0n) is 12.1. The van der Waals surface area contributed by atoms with Gasteiger partial charge in [-0.05, 0) is 31.3 Å². The highest BCUT2D eigenvalue weighted by Crippen LogP contribution is 2.26. The van der Waals surface area contributed by atoms with Gasteiger partial charge in [0.25, 0.3) is 5.69 Å². The van der Waals surface area contributed by atoms with Gasteiger partial charge in [-0.2, -0.15) is 0 Å². The van der Waals surface area contributed by atoms with E-state index in [1.807, 2.05) is 6.07 Å². The first-order valence-electron chi connectivity index (χ1n) is 6.43. The minimum Gasteiger partial charge on any atom is -0.376 e. The summed E-state index contributed by atoms with van der Waals surface area (Å²) in [6.07, 6.45) is 3.28. The van der Waals surface area contributed by atoms with Gasteiger partial charge >= 0.3 is 0 Å². The number of nitro groups is 1. The second kappa shape index (κ2) is 7.27. The number of thiocarbonyl (C=S) groups is 1. The monoisotopic (exact) mass is 331 g/mol. The number of pyridine rings is 1. The van der Waals surface area contributed by atoms with Gasteiger partial charge in [-0.3, -0.25) is 15.1 Å². The maximum absolute atomic E-state index is 11.0. The van der Waals surface area contributed by atoms with Crippen LogP contribution in [0.15, 0.2) is 47.9 Å². The van der Waals surface area contributed by atoms with Crippen molar-refractivity contribution in [1.29, 1.82) is 0 Å². The summed E-state index contributed by atoms with van der Waals surface area (Å²) in [6, 6.07) is 7.65. The molecule has 0 aliphatic rings. The molecular weight excluding hydrogens is 318 g/mol. The molecule has 0 fully saturated rings. The smallest absolute Gasteiger partial charge is 0.275 e. The Morgan fingerprint density at radius 2 is 2.26 bits per heavy atom. The van der Waals surface area contributed by atoms with Gasteiger partial charge in [0.05, 0.1) is 22.4 Å². The number of nitro benzene ring substituents is 1. The molecule has 2 rings (SSSR count). The van der Waals surface area contributed by atoms with Crippen LogP contribution >= 0.6 is 12.2 Å². The fraction of sp³-hybridized carbons (Fsp3) is 0.0714. The fourth-order valence-corrected chi connectivity index (χ4v) is 1.82. The maximum Gasteiger partial charge on any atom is 0.275 e. The van der Waals surface area contributed by atoms with Crippen LogP contribution in [0.4, 0.5) is 11.4 Å². The molecule has 0 aliphatic carbocycles. The van der Waals surface area contributed by atoms with Crippen LogP contribution in [-0.4, -0.2) is 20.7 Å². The van der Waals surface area contributed by atoms with Crippen molar-refractivity contribution in [2.75, 3.05) is 5.32 Å². The Morgan fingerprint density at radius 1 is 1.48 bits per heavy atom. The van der Waals surface area contributed by atoms with Gasteiger partial charge in [-0.25, -0.2) is 0 Å². The fourth-order valence-electron chi connectivity index (χ4n) is 1.71. The lowest BCUT2D eigenvalue weighted by atomic mass is 10.2. The van der Waals surface area contributed by atoms with Gasteiger partial charge < -0.3 is 15.9 Å². The molecule has 1 aromatic heterocycles. The first-order valence-corrected chi connectivity index (χ1v) is 6.84. The number of nitrogens with one attached hydrogen (secondary N) is 1. The quantitative estimate of drug-likeness (QED) is 0.374. The number of aromatic nitrogens is 1.